The van der Waals surface area contributed by atoms with E-state index in [0.717, 1.165) is 26.2 Å². The molecule has 1 fully saturated rings. The van der Waals surface area contributed by atoms with Gasteiger partial charge in [0.15, 0.2) is 0 Å². The average molecular weight is 427 g/mol. The molecule has 2 aromatic carbocycles. The summed E-state index contributed by atoms with van der Waals surface area (Å²) in [6.45, 7) is 1.32. The molecule has 0 aliphatic heterocycles. The van der Waals surface area contributed by atoms with E-state index in [0.29, 0.717) is 24.0 Å². The Morgan fingerprint density at radius 2 is 1.45 bits per heavy atom. The van der Waals surface area contributed by atoms with Gasteiger partial charge < -0.3 is 20.3 Å². The predicted octanol–water partition coefficient (Wildman–Crippen LogP) is 4.09. The van der Waals surface area contributed by atoms with Gasteiger partial charge in [-0.2, -0.15) is 0 Å². The van der Waals surface area contributed by atoms with Crippen LogP contribution in [0.25, 0.3) is 0 Å². The van der Waals surface area contributed by atoms with Crippen LogP contribution < -0.4 is 5.73 Å². The molecule has 1 aliphatic rings. The highest BCUT2D eigenvalue weighted by atomic mass is 16.7. The fourth-order valence-corrected chi connectivity index (χ4v) is 3.45. The van der Waals surface area contributed by atoms with Gasteiger partial charge in [0, 0.05) is 19.0 Å². The zero-order valence-corrected chi connectivity index (χ0v) is 17.7. The molecule has 1 aliphatic carbocycles. The molecule has 31 heavy (non-hydrogen) atoms. The van der Waals surface area contributed by atoms with Crippen LogP contribution in [-0.2, 0) is 19.1 Å². The number of carboxylic acid groups (broad SMARTS) is 1. The molecule has 3 N–H and O–H groups in total. The first-order valence-corrected chi connectivity index (χ1v) is 10.3. The van der Waals surface area contributed by atoms with Crippen molar-refractivity contribution in [1.82, 2.24) is 0 Å². The van der Waals surface area contributed by atoms with Crippen molar-refractivity contribution in [3.8, 4) is 0 Å². The second-order valence-corrected chi connectivity index (χ2v) is 7.48. The highest BCUT2D eigenvalue weighted by molar-refractivity contribution is 5.89. The van der Waals surface area contributed by atoms with Gasteiger partial charge in [-0.1, -0.05) is 67.8 Å². The summed E-state index contributed by atoms with van der Waals surface area (Å²) in [7, 11) is 0. The van der Waals surface area contributed by atoms with Crippen LogP contribution in [-0.4, -0.2) is 29.6 Å². The van der Waals surface area contributed by atoms with Crippen LogP contribution in [0.4, 0.5) is 0 Å². The summed E-state index contributed by atoms with van der Waals surface area (Å²) in [5.74, 6) is -1.76. The van der Waals surface area contributed by atoms with Crippen LogP contribution in [0.15, 0.2) is 60.7 Å². The van der Waals surface area contributed by atoms with Crippen molar-refractivity contribution in [3.05, 3.63) is 71.8 Å². The molecule has 0 amide bonds. The Morgan fingerprint density at radius 3 is 1.97 bits per heavy atom. The summed E-state index contributed by atoms with van der Waals surface area (Å²) in [4.78, 5) is 34.5. The molecule has 0 aromatic heterocycles. The first kappa shape index (κ1) is 24.1. The first-order valence-electron chi connectivity index (χ1n) is 10.3. The van der Waals surface area contributed by atoms with Crippen molar-refractivity contribution in [2.24, 2.45) is 11.1 Å². The van der Waals surface area contributed by atoms with Crippen LogP contribution >= 0.6 is 0 Å². The Hall–Kier alpha value is -3.19. The molecule has 0 radical (unpaired) electrons. The van der Waals surface area contributed by atoms with E-state index < -0.39 is 23.6 Å². The lowest BCUT2D eigenvalue weighted by Gasteiger charge is -2.34. The van der Waals surface area contributed by atoms with Crippen LogP contribution in [0.1, 0.15) is 61.2 Å². The SMILES string of the molecule is CC(=O)O.NCC1(C(=O)OC(OC(=O)c2ccccc2)c2ccccc2)CCCCC1. The smallest absolute Gasteiger partial charge is 0.341 e. The number of benzene rings is 2. The van der Waals surface area contributed by atoms with Gasteiger partial charge in [-0.25, -0.2) is 4.79 Å². The number of ether oxygens (including phenoxy) is 2. The summed E-state index contributed by atoms with van der Waals surface area (Å²) in [6, 6.07) is 17.7. The van der Waals surface area contributed by atoms with Gasteiger partial charge in [-0.15, -0.1) is 0 Å². The van der Waals surface area contributed by atoms with E-state index in [4.69, 9.17) is 25.1 Å². The van der Waals surface area contributed by atoms with Crippen molar-refractivity contribution in [2.45, 2.75) is 45.3 Å². The summed E-state index contributed by atoms with van der Waals surface area (Å²) >= 11 is 0. The van der Waals surface area contributed by atoms with E-state index in [2.05, 4.69) is 0 Å². The summed E-state index contributed by atoms with van der Waals surface area (Å²) in [5, 5.41) is 7.42. The molecular weight excluding hydrogens is 398 g/mol. The van der Waals surface area contributed by atoms with Crippen molar-refractivity contribution < 1.29 is 29.0 Å². The third-order valence-corrected chi connectivity index (χ3v) is 5.14. The summed E-state index contributed by atoms with van der Waals surface area (Å²) < 4.78 is 11.3. The Labute approximate surface area is 182 Å². The van der Waals surface area contributed by atoms with E-state index >= 15 is 0 Å². The minimum Gasteiger partial charge on any atom is -0.481 e. The molecule has 1 atom stereocenters. The zero-order chi connectivity index (χ0) is 22.7. The number of hydrogen-bond acceptors (Lipinski definition) is 6. The van der Waals surface area contributed by atoms with Gasteiger partial charge in [-0.3, -0.25) is 9.59 Å². The summed E-state index contributed by atoms with van der Waals surface area (Å²) in [6.07, 6.45) is 3.31. The second kappa shape index (κ2) is 11.9. The maximum atomic E-state index is 13.0. The largest absolute Gasteiger partial charge is 0.481 e. The standard InChI is InChI=1S/C22H25NO4.C2H4O2/c23-16-22(14-8-3-9-15-22)21(25)27-20(18-12-6-2-7-13-18)26-19(24)17-10-4-1-5-11-17;1-2(3)4/h1-2,4-7,10-13,20H,3,8-9,14-16,23H2;1H3,(H,3,4). The number of aliphatic carboxylic acids is 1. The minimum absolute atomic E-state index is 0.236. The third-order valence-electron chi connectivity index (χ3n) is 5.14. The third kappa shape index (κ3) is 7.22. The molecule has 7 heteroatoms. The lowest BCUT2D eigenvalue weighted by molar-refractivity contribution is -0.183. The van der Waals surface area contributed by atoms with Crippen LogP contribution in [0.5, 0.6) is 0 Å². The molecule has 0 heterocycles. The molecule has 0 bridgehead atoms. The van der Waals surface area contributed by atoms with Crippen LogP contribution in [0.3, 0.4) is 0 Å². The monoisotopic (exact) mass is 427 g/mol. The number of carbonyl (C=O) groups is 3. The maximum Gasteiger partial charge on any atom is 0.341 e. The fraction of sp³-hybridized carbons (Fsp3) is 0.375. The molecule has 7 nitrogen and oxygen atoms in total. The normalized spacial score (nSPS) is 15.5. The Balaban J connectivity index is 0.000000785. The van der Waals surface area contributed by atoms with E-state index in [-0.39, 0.29) is 12.5 Å². The zero-order valence-electron chi connectivity index (χ0n) is 17.7. The highest BCUT2D eigenvalue weighted by Gasteiger charge is 2.41. The van der Waals surface area contributed by atoms with Crippen LogP contribution in [0.2, 0.25) is 0 Å². The second-order valence-electron chi connectivity index (χ2n) is 7.48. The van der Waals surface area contributed by atoms with Crippen molar-refractivity contribution in [3.63, 3.8) is 0 Å². The quantitative estimate of drug-likeness (QED) is 0.527. The number of nitrogens with two attached hydrogens (primary N) is 1. The van der Waals surface area contributed by atoms with Crippen molar-refractivity contribution >= 4 is 17.9 Å². The lowest BCUT2D eigenvalue weighted by atomic mass is 9.74. The van der Waals surface area contributed by atoms with Gasteiger partial charge in [-0.05, 0) is 25.0 Å². The maximum absolute atomic E-state index is 13.0. The number of esters is 2. The summed E-state index contributed by atoms with van der Waals surface area (Å²) in [5.41, 5.74) is 6.26. The number of carboxylic acids is 1. The fourth-order valence-electron chi connectivity index (χ4n) is 3.45. The van der Waals surface area contributed by atoms with E-state index in [1.165, 1.54) is 0 Å². The van der Waals surface area contributed by atoms with Gasteiger partial charge in [0.1, 0.15) is 0 Å². The van der Waals surface area contributed by atoms with Gasteiger partial charge in [0.25, 0.3) is 12.3 Å². The molecule has 1 unspecified atom stereocenters. The average Bonchev–Trinajstić information content (AvgIpc) is 2.79. The highest BCUT2D eigenvalue weighted by Crippen LogP contribution is 2.38. The predicted molar refractivity (Wildman–Crippen MR) is 115 cm³/mol. The molecule has 0 spiro atoms. The number of rotatable bonds is 6. The topological polar surface area (TPSA) is 116 Å². The van der Waals surface area contributed by atoms with E-state index in [1.54, 1.807) is 36.4 Å². The molecule has 2 aromatic rings. The number of hydrogen-bond donors (Lipinski definition) is 2. The number of carbonyl (C=O) groups excluding carboxylic acids is 2. The van der Waals surface area contributed by atoms with Gasteiger partial charge in [0.05, 0.1) is 11.0 Å². The first-order chi connectivity index (χ1) is 14.9. The molecular formula is C24H29NO6. The molecule has 0 saturated heterocycles. The van der Waals surface area contributed by atoms with Gasteiger partial charge >= 0.3 is 11.9 Å². The lowest BCUT2D eigenvalue weighted by Crippen LogP contribution is -2.42. The Morgan fingerprint density at radius 1 is 0.935 bits per heavy atom. The van der Waals surface area contributed by atoms with Crippen LogP contribution in [0, 0.1) is 5.41 Å². The Bertz CT molecular complexity index is 843. The van der Waals surface area contributed by atoms with Crippen molar-refractivity contribution in [2.75, 3.05) is 6.54 Å². The van der Waals surface area contributed by atoms with Crippen molar-refractivity contribution in [1.29, 1.82) is 0 Å². The van der Waals surface area contributed by atoms with E-state index in [9.17, 15) is 9.59 Å². The molecule has 1 saturated carbocycles. The minimum atomic E-state index is -1.10. The van der Waals surface area contributed by atoms with Gasteiger partial charge in [0.2, 0.25) is 0 Å². The molecule has 3 rings (SSSR count). The Kier molecular flexibility index (Phi) is 9.21. The van der Waals surface area contributed by atoms with E-state index in [1.807, 2.05) is 24.3 Å². The molecule has 166 valence electrons.